The summed E-state index contributed by atoms with van der Waals surface area (Å²) in [6.07, 6.45) is -2.35. The molecule has 144 valence electrons. The third-order valence-corrected chi connectivity index (χ3v) is 3.72. The number of hydrogen-bond acceptors (Lipinski definition) is 7. The number of aromatic nitrogens is 2. The Morgan fingerprint density at radius 3 is 2.32 bits per heavy atom. The highest BCUT2D eigenvalue weighted by Gasteiger charge is 2.31. The fourth-order valence-corrected chi connectivity index (χ4v) is 2.50. The molecule has 2 heterocycles. The number of hydroxylamine groups is 1. The molecule has 0 aliphatic carbocycles. The van der Waals surface area contributed by atoms with Crippen LogP contribution < -0.4 is 15.0 Å². The monoisotopic (exact) mass is 391 g/mol. The molecule has 0 radical (unpaired) electrons. The van der Waals surface area contributed by atoms with Crippen LogP contribution in [0.3, 0.4) is 0 Å². The van der Waals surface area contributed by atoms with Crippen molar-refractivity contribution in [2.75, 3.05) is 0 Å². The Morgan fingerprint density at radius 1 is 0.964 bits per heavy atom. The lowest BCUT2D eigenvalue weighted by Crippen LogP contribution is -2.17. The summed E-state index contributed by atoms with van der Waals surface area (Å²) < 4.78 is 51.3. The van der Waals surface area contributed by atoms with E-state index in [0.29, 0.717) is 23.1 Å². The van der Waals surface area contributed by atoms with E-state index in [-0.39, 0.29) is 5.75 Å². The molecular formula is C18H12F3N3O4. The van der Waals surface area contributed by atoms with Gasteiger partial charge in [-0.25, -0.2) is 5.48 Å². The van der Waals surface area contributed by atoms with Gasteiger partial charge in [0.05, 0.1) is 0 Å². The summed E-state index contributed by atoms with van der Waals surface area (Å²) in [6, 6.07) is 12.4. The zero-order chi connectivity index (χ0) is 19.6. The normalized spacial score (nSPS) is 16.4. The van der Waals surface area contributed by atoms with Gasteiger partial charge in [-0.3, -0.25) is 4.84 Å². The average molecular weight is 391 g/mol. The van der Waals surface area contributed by atoms with Crippen LogP contribution in [0.4, 0.5) is 13.2 Å². The van der Waals surface area contributed by atoms with Gasteiger partial charge in [-0.15, -0.1) is 23.4 Å². The molecule has 4 rings (SSSR count). The number of halogens is 3. The first kappa shape index (κ1) is 17.9. The Labute approximate surface area is 156 Å². The Bertz CT molecular complexity index is 955. The smallest absolute Gasteiger partial charge is 0.439 e. The second kappa shape index (κ2) is 7.24. The van der Waals surface area contributed by atoms with Crippen LogP contribution in [0, 0.1) is 0 Å². The van der Waals surface area contributed by atoms with Gasteiger partial charge in [-0.05, 0) is 42.0 Å². The lowest BCUT2D eigenvalue weighted by atomic mass is 10.1. The van der Waals surface area contributed by atoms with E-state index in [0.717, 1.165) is 5.56 Å². The van der Waals surface area contributed by atoms with Gasteiger partial charge in [-0.1, -0.05) is 12.1 Å². The molecule has 1 atom stereocenters. The molecule has 0 unspecified atom stereocenters. The van der Waals surface area contributed by atoms with E-state index in [4.69, 9.17) is 14.0 Å². The van der Waals surface area contributed by atoms with Crippen molar-refractivity contribution in [2.45, 2.75) is 12.5 Å². The molecule has 1 aliphatic heterocycles. The van der Waals surface area contributed by atoms with Crippen molar-refractivity contribution < 1.29 is 31.9 Å². The van der Waals surface area contributed by atoms with Crippen molar-refractivity contribution in [3.8, 4) is 23.0 Å². The summed E-state index contributed by atoms with van der Waals surface area (Å²) in [5.74, 6) is 0.987. The molecule has 0 fully saturated rings. The van der Waals surface area contributed by atoms with Gasteiger partial charge >= 0.3 is 6.36 Å². The molecule has 0 saturated heterocycles. The SMILES string of the molecule is FC(F)(F)Oc1ccc([C@H]2C=C(Oc3ccc(-c4nnco4)cc3)NO2)cc1. The summed E-state index contributed by atoms with van der Waals surface area (Å²) in [4.78, 5) is 5.38. The Hall–Kier alpha value is -3.53. The molecule has 3 aromatic rings. The third kappa shape index (κ3) is 4.23. The van der Waals surface area contributed by atoms with E-state index >= 15 is 0 Å². The molecule has 0 saturated carbocycles. The number of benzene rings is 2. The van der Waals surface area contributed by atoms with Crippen molar-refractivity contribution in [2.24, 2.45) is 0 Å². The van der Waals surface area contributed by atoms with Crippen molar-refractivity contribution in [3.05, 3.63) is 72.4 Å². The highest BCUT2D eigenvalue weighted by molar-refractivity contribution is 5.53. The highest BCUT2D eigenvalue weighted by atomic mass is 19.4. The predicted octanol–water partition coefficient (Wildman–Crippen LogP) is 4.13. The quantitative estimate of drug-likeness (QED) is 0.701. The number of ether oxygens (including phenoxy) is 2. The van der Waals surface area contributed by atoms with Gasteiger partial charge in [0.2, 0.25) is 18.2 Å². The van der Waals surface area contributed by atoms with E-state index in [2.05, 4.69) is 20.4 Å². The molecule has 0 bridgehead atoms. The average Bonchev–Trinajstić information content (AvgIpc) is 3.34. The van der Waals surface area contributed by atoms with E-state index in [1.54, 1.807) is 30.3 Å². The van der Waals surface area contributed by atoms with Gasteiger partial charge in [-0.2, -0.15) is 0 Å². The fraction of sp³-hybridized carbons (Fsp3) is 0.111. The maximum absolute atomic E-state index is 12.2. The molecule has 28 heavy (non-hydrogen) atoms. The zero-order valence-electron chi connectivity index (χ0n) is 14.0. The minimum atomic E-state index is -4.73. The number of alkyl halides is 3. The van der Waals surface area contributed by atoms with E-state index in [9.17, 15) is 13.2 Å². The van der Waals surface area contributed by atoms with E-state index in [1.807, 2.05) is 0 Å². The van der Waals surface area contributed by atoms with Gasteiger partial charge < -0.3 is 13.9 Å². The first-order valence-corrected chi connectivity index (χ1v) is 8.00. The predicted molar refractivity (Wildman–Crippen MR) is 88.5 cm³/mol. The number of nitrogens with zero attached hydrogens (tertiary/aromatic N) is 2. The van der Waals surface area contributed by atoms with Crippen molar-refractivity contribution in [1.82, 2.24) is 15.7 Å². The van der Waals surface area contributed by atoms with Crippen LogP contribution in [0.2, 0.25) is 0 Å². The molecule has 1 aliphatic rings. The third-order valence-electron chi connectivity index (χ3n) is 3.72. The summed E-state index contributed by atoms with van der Waals surface area (Å²) in [5, 5.41) is 7.43. The van der Waals surface area contributed by atoms with Crippen molar-refractivity contribution in [3.63, 3.8) is 0 Å². The summed E-state index contributed by atoms with van der Waals surface area (Å²) in [7, 11) is 0. The largest absolute Gasteiger partial charge is 0.573 e. The maximum atomic E-state index is 12.2. The highest BCUT2D eigenvalue weighted by Crippen LogP contribution is 2.29. The van der Waals surface area contributed by atoms with Gasteiger partial charge in [0.1, 0.15) is 17.6 Å². The first-order valence-electron chi connectivity index (χ1n) is 8.00. The van der Waals surface area contributed by atoms with Crippen molar-refractivity contribution in [1.29, 1.82) is 0 Å². The van der Waals surface area contributed by atoms with Crippen LogP contribution >= 0.6 is 0 Å². The number of hydrogen-bond donors (Lipinski definition) is 1. The van der Waals surface area contributed by atoms with Gasteiger partial charge in [0.25, 0.3) is 0 Å². The molecule has 1 N–H and O–H groups in total. The van der Waals surface area contributed by atoms with Crippen LogP contribution in [-0.2, 0) is 4.84 Å². The van der Waals surface area contributed by atoms with Crippen LogP contribution in [0.1, 0.15) is 11.7 Å². The molecule has 0 amide bonds. The number of rotatable bonds is 5. The summed E-state index contributed by atoms with van der Waals surface area (Å²) >= 11 is 0. The van der Waals surface area contributed by atoms with Gasteiger partial charge in [0.15, 0.2) is 0 Å². The Morgan fingerprint density at radius 2 is 1.68 bits per heavy atom. The standard InChI is InChI=1S/C18H12F3N3O4/c19-18(20,21)27-14-7-1-11(2-8-14)15-9-16(24-28-15)26-13-5-3-12(4-6-13)17-23-22-10-25-17/h1-10,15,24H/t15-/m1/s1. The van der Waals surface area contributed by atoms with Crippen LogP contribution in [0.15, 0.2) is 71.3 Å². The van der Waals surface area contributed by atoms with Crippen LogP contribution in [0.25, 0.3) is 11.5 Å². The lowest BCUT2D eigenvalue weighted by Gasteiger charge is -2.11. The second-order valence-electron chi connectivity index (χ2n) is 5.66. The van der Waals surface area contributed by atoms with Gasteiger partial charge in [0, 0.05) is 11.6 Å². The lowest BCUT2D eigenvalue weighted by molar-refractivity contribution is -0.274. The molecular weight excluding hydrogens is 379 g/mol. The molecule has 0 spiro atoms. The van der Waals surface area contributed by atoms with Crippen LogP contribution in [0.5, 0.6) is 11.5 Å². The first-order chi connectivity index (χ1) is 13.5. The topological polar surface area (TPSA) is 78.6 Å². The Balaban J connectivity index is 1.40. The molecule has 7 nitrogen and oxygen atoms in total. The Kier molecular flexibility index (Phi) is 4.62. The summed E-state index contributed by atoms with van der Waals surface area (Å²) in [6.45, 7) is 0. The molecule has 1 aromatic heterocycles. The van der Waals surface area contributed by atoms with E-state index in [1.165, 1.54) is 30.7 Å². The molecule has 10 heteroatoms. The van der Waals surface area contributed by atoms with Crippen LogP contribution in [-0.4, -0.2) is 16.6 Å². The molecule has 2 aromatic carbocycles. The second-order valence-corrected chi connectivity index (χ2v) is 5.66. The van der Waals surface area contributed by atoms with Crippen molar-refractivity contribution >= 4 is 0 Å². The zero-order valence-corrected chi connectivity index (χ0v) is 14.0. The minimum Gasteiger partial charge on any atom is -0.439 e. The number of nitrogens with one attached hydrogen (secondary N) is 1. The minimum absolute atomic E-state index is 0.302. The van der Waals surface area contributed by atoms with E-state index < -0.39 is 12.5 Å². The maximum Gasteiger partial charge on any atom is 0.573 e. The summed E-state index contributed by atoms with van der Waals surface area (Å²) in [5.41, 5.74) is 4.01. The fourth-order valence-electron chi connectivity index (χ4n) is 2.50.